The molecule has 0 radical (unpaired) electrons. The predicted molar refractivity (Wildman–Crippen MR) is 61.9 cm³/mol. The molecule has 1 aliphatic heterocycles. The zero-order valence-electron chi connectivity index (χ0n) is 9.00. The van der Waals surface area contributed by atoms with E-state index in [1.165, 1.54) is 0 Å². The van der Waals surface area contributed by atoms with E-state index in [2.05, 4.69) is 21.4 Å². The lowest BCUT2D eigenvalue weighted by molar-refractivity contribution is 0.0337. The molecule has 0 saturated heterocycles. The molecule has 0 aliphatic carbocycles. The van der Waals surface area contributed by atoms with Crippen LogP contribution in [0, 0.1) is 6.92 Å². The average Bonchev–Trinajstić information content (AvgIpc) is 2.53. The van der Waals surface area contributed by atoms with Crippen molar-refractivity contribution in [3.8, 4) is 5.75 Å². The van der Waals surface area contributed by atoms with E-state index in [-0.39, 0.29) is 12.1 Å². The van der Waals surface area contributed by atoms with E-state index >= 15 is 0 Å². The fourth-order valence-corrected chi connectivity index (χ4v) is 2.46. The van der Waals surface area contributed by atoms with Gasteiger partial charge in [-0.1, -0.05) is 22.0 Å². The standard InChI is InChI=1S/C11H14BrNO2/c1-6-4-5-8(12)9-10(13-14-3)7(2)15-11(6)9/h4-5,7,10,13H,1-3H3. The molecule has 1 aliphatic rings. The van der Waals surface area contributed by atoms with Crippen LogP contribution >= 0.6 is 15.9 Å². The van der Waals surface area contributed by atoms with Crippen LogP contribution in [0.3, 0.4) is 0 Å². The molecule has 4 heteroatoms. The summed E-state index contributed by atoms with van der Waals surface area (Å²) in [6.45, 7) is 4.08. The fraction of sp³-hybridized carbons (Fsp3) is 0.455. The number of hydroxylamine groups is 1. The third-order valence-corrected chi connectivity index (χ3v) is 3.36. The normalized spacial score (nSPS) is 23.7. The minimum atomic E-state index is 0.0809. The van der Waals surface area contributed by atoms with Crippen molar-refractivity contribution in [2.24, 2.45) is 0 Å². The van der Waals surface area contributed by atoms with Crippen LogP contribution in [-0.4, -0.2) is 13.2 Å². The molecule has 0 aromatic heterocycles. The number of fused-ring (bicyclic) bond motifs is 1. The quantitative estimate of drug-likeness (QED) is 0.840. The second kappa shape index (κ2) is 4.12. The highest BCUT2D eigenvalue weighted by molar-refractivity contribution is 9.10. The van der Waals surface area contributed by atoms with Crippen LogP contribution in [0.5, 0.6) is 5.75 Å². The molecule has 0 spiro atoms. The van der Waals surface area contributed by atoms with Gasteiger partial charge in [0.2, 0.25) is 0 Å². The topological polar surface area (TPSA) is 30.5 Å². The number of ether oxygens (including phenoxy) is 1. The number of aryl methyl sites for hydroxylation is 1. The molecule has 2 unspecified atom stereocenters. The first kappa shape index (κ1) is 10.9. The second-order valence-electron chi connectivity index (χ2n) is 3.73. The Kier molecular flexibility index (Phi) is 3.00. The van der Waals surface area contributed by atoms with Crippen LogP contribution in [0.15, 0.2) is 16.6 Å². The van der Waals surface area contributed by atoms with Crippen LogP contribution in [0.25, 0.3) is 0 Å². The maximum absolute atomic E-state index is 5.81. The molecule has 0 saturated carbocycles. The van der Waals surface area contributed by atoms with Gasteiger partial charge in [-0.05, 0) is 25.5 Å². The molecule has 82 valence electrons. The van der Waals surface area contributed by atoms with Crippen molar-refractivity contribution in [2.75, 3.05) is 7.11 Å². The van der Waals surface area contributed by atoms with Gasteiger partial charge in [-0.15, -0.1) is 0 Å². The Morgan fingerprint density at radius 3 is 2.87 bits per heavy atom. The van der Waals surface area contributed by atoms with Crippen molar-refractivity contribution < 1.29 is 9.57 Å². The van der Waals surface area contributed by atoms with E-state index in [1.807, 2.05) is 26.0 Å². The van der Waals surface area contributed by atoms with Gasteiger partial charge in [-0.2, -0.15) is 5.48 Å². The molecular formula is C11H14BrNO2. The summed E-state index contributed by atoms with van der Waals surface area (Å²) in [7, 11) is 1.62. The van der Waals surface area contributed by atoms with Gasteiger partial charge in [0, 0.05) is 10.0 Å². The second-order valence-corrected chi connectivity index (χ2v) is 4.58. The highest BCUT2D eigenvalue weighted by Gasteiger charge is 2.34. The van der Waals surface area contributed by atoms with Gasteiger partial charge < -0.3 is 9.57 Å². The number of rotatable bonds is 2. The molecule has 0 amide bonds. The van der Waals surface area contributed by atoms with E-state index < -0.39 is 0 Å². The Morgan fingerprint density at radius 1 is 1.47 bits per heavy atom. The summed E-state index contributed by atoms with van der Waals surface area (Å²) in [4.78, 5) is 5.00. The molecule has 2 rings (SSSR count). The number of nitrogens with one attached hydrogen (secondary N) is 1. The summed E-state index contributed by atoms with van der Waals surface area (Å²) < 4.78 is 6.87. The van der Waals surface area contributed by atoms with Crippen molar-refractivity contribution >= 4 is 15.9 Å². The van der Waals surface area contributed by atoms with Crippen molar-refractivity contribution in [2.45, 2.75) is 26.0 Å². The van der Waals surface area contributed by atoms with E-state index in [4.69, 9.17) is 9.57 Å². The molecule has 1 aromatic rings. The highest BCUT2D eigenvalue weighted by Crippen LogP contribution is 2.43. The van der Waals surface area contributed by atoms with E-state index in [9.17, 15) is 0 Å². The molecule has 2 atom stereocenters. The highest BCUT2D eigenvalue weighted by atomic mass is 79.9. The lowest BCUT2D eigenvalue weighted by Crippen LogP contribution is -2.28. The summed E-state index contributed by atoms with van der Waals surface area (Å²) in [5, 5.41) is 0. The molecule has 3 nitrogen and oxygen atoms in total. The van der Waals surface area contributed by atoms with Gasteiger partial charge in [0.1, 0.15) is 11.9 Å². The maximum atomic E-state index is 5.81. The monoisotopic (exact) mass is 271 g/mol. The van der Waals surface area contributed by atoms with Crippen LogP contribution in [0.1, 0.15) is 24.1 Å². The Bertz CT molecular complexity index is 381. The van der Waals surface area contributed by atoms with Crippen LogP contribution in [0.4, 0.5) is 0 Å². The van der Waals surface area contributed by atoms with Gasteiger partial charge in [-0.25, -0.2) is 0 Å². The first-order chi connectivity index (χ1) is 7.15. The summed E-state index contributed by atoms with van der Waals surface area (Å²) in [6.07, 6.45) is 0.0809. The summed E-state index contributed by atoms with van der Waals surface area (Å²) in [5.74, 6) is 0.964. The third kappa shape index (κ3) is 1.77. The van der Waals surface area contributed by atoms with Crippen molar-refractivity contribution in [3.63, 3.8) is 0 Å². The number of hydrogen-bond donors (Lipinski definition) is 1. The van der Waals surface area contributed by atoms with Crippen LogP contribution < -0.4 is 10.2 Å². The van der Waals surface area contributed by atoms with Crippen LogP contribution in [-0.2, 0) is 4.84 Å². The van der Waals surface area contributed by atoms with Crippen molar-refractivity contribution in [3.05, 3.63) is 27.7 Å². The van der Waals surface area contributed by atoms with E-state index in [1.54, 1.807) is 7.11 Å². The molecule has 0 bridgehead atoms. The minimum Gasteiger partial charge on any atom is -0.488 e. The molecule has 15 heavy (non-hydrogen) atoms. The lowest BCUT2D eigenvalue weighted by Gasteiger charge is -2.15. The number of benzene rings is 1. The van der Waals surface area contributed by atoms with E-state index in [0.717, 1.165) is 21.3 Å². The average molecular weight is 272 g/mol. The van der Waals surface area contributed by atoms with Gasteiger partial charge >= 0.3 is 0 Å². The first-order valence-electron chi connectivity index (χ1n) is 4.89. The fourth-order valence-electron chi connectivity index (χ4n) is 1.90. The Hall–Kier alpha value is -0.580. The number of hydrogen-bond acceptors (Lipinski definition) is 3. The summed E-state index contributed by atoms with van der Waals surface area (Å²) in [6, 6.07) is 4.17. The van der Waals surface area contributed by atoms with Crippen LogP contribution in [0.2, 0.25) is 0 Å². The summed E-state index contributed by atoms with van der Waals surface area (Å²) >= 11 is 3.54. The van der Waals surface area contributed by atoms with Crippen molar-refractivity contribution in [1.29, 1.82) is 0 Å². The third-order valence-electron chi connectivity index (χ3n) is 2.67. The molecule has 0 fully saturated rings. The zero-order chi connectivity index (χ0) is 11.0. The maximum Gasteiger partial charge on any atom is 0.128 e. The Balaban J connectivity index is 2.47. The molecule has 1 aromatic carbocycles. The number of halogens is 1. The predicted octanol–water partition coefficient (Wildman–Crippen LogP) is 2.73. The molecular weight excluding hydrogens is 258 g/mol. The largest absolute Gasteiger partial charge is 0.488 e. The van der Waals surface area contributed by atoms with Gasteiger partial charge in [0.25, 0.3) is 0 Å². The van der Waals surface area contributed by atoms with E-state index in [0.29, 0.717) is 0 Å². The molecule has 1 N–H and O–H groups in total. The van der Waals surface area contributed by atoms with Crippen molar-refractivity contribution in [1.82, 2.24) is 5.48 Å². The van der Waals surface area contributed by atoms with Gasteiger partial charge in [-0.3, -0.25) is 0 Å². The lowest BCUT2D eigenvalue weighted by atomic mass is 10.0. The first-order valence-corrected chi connectivity index (χ1v) is 5.68. The smallest absolute Gasteiger partial charge is 0.128 e. The van der Waals surface area contributed by atoms with Gasteiger partial charge in [0.15, 0.2) is 0 Å². The Morgan fingerprint density at radius 2 is 2.20 bits per heavy atom. The Labute approximate surface area is 97.8 Å². The summed E-state index contributed by atoms with van der Waals surface area (Å²) in [5.41, 5.74) is 5.26. The zero-order valence-corrected chi connectivity index (χ0v) is 10.6. The van der Waals surface area contributed by atoms with Gasteiger partial charge in [0.05, 0.1) is 13.2 Å². The minimum absolute atomic E-state index is 0.0809. The SMILES string of the molecule is CONC1c2c(Br)ccc(C)c2OC1C. The molecule has 1 heterocycles.